The Morgan fingerprint density at radius 1 is 1.41 bits per heavy atom. The Morgan fingerprint density at radius 3 is 2.71 bits per heavy atom. The highest BCUT2D eigenvalue weighted by molar-refractivity contribution is 6.35. The molecule has 4 nitrogen and oxygen atoms in total. The van der Waals surface area contributed by atoms with E-state index in [1.165, 1.54) is 32.2 Å². The average Bonchev–Trinajstić information content (AvgIpc) is 2.29. The van der Waals surface area contributed by atoms with Crippen molar-refractivity contribution >= 4 is 11.7 Å². The number of ketones is 1. The van der Waals surface area contributed by atoms with E-state index in [2.05, 4.69) is 5.32 Å². The maximum Gasteiger partial charge on any atom is 0.287 e. The van der Waals surface area contributed by atoms with E-state index < -0.39 is 11.7 Å². The van der Waals surface area contributed by atoms with Gasteiger partial charge >= 0.3 is 0 Å². The van der Waals surface area contributed by atoms with Crippen LogP contribution in [0.25, 0.3) is 0 Å². The van der Waals surface area contributed by atoms with Crippen LogP contribution in [0.4, 0.5) is 4.39 Å². The lowest BCUT2D eigenvalue weighted by Crippen LogP contribution is -2.30. The van der Waals surface area contributed by atoms with Crippen LogP contribution in [-0.4, -0.2) is 25.3 Å². The SMILES string of the molecule is COc1ccc(F)cc1CCNC(=O)C(C)=O. The van der Waals surface area contributed by atoms with E-state index in [-0.39, 0.29) is 12.4 Å². The molecule has 0 atom stereocenters. The van der Waals surface area contributed by atoms with E-state index in [0.717, 1.165) is 0 Å². The van der Waals surface area contributed by atoms with Crippen molar-refractivity contribution in [2.45, 2.75) is 13.3 Å². The van der Waals surface area contributed by atoms with Gasteiger partial charge in [0.15, 0.2) is 0 Å². The molecule has 1 N–H and O–H groups in total. The number of carbonyl (C=O) groups is 2. The highest BCUT2D eigenvalue weighted by Crippen LogP contribution is 2.19. The number of methoxy groups -OCH3 is 1. The fraction of sp³-hybridized carbons (Fsp3) is 0.333. The molecule has 1 aromatic carbocycles. The predicted molar refractivity (Wildman–Crippen MR) is 60.3 cm³/mol. The zero-order valence-electron chi connectivity index (χ0n) is 9.75. The molecule has 1 rings (SSSR count). The topological polar surface area (TPSA) is 55.4 Å². The van der Waals surface area contributed by atoms with Crippen LogP contribution in [-0.2, 0) is 16.0 Å². The first-order valence-electron chi connectivity index (χ1n) is 5.15. The van der Waals surface area contributed by atoms with Crippen molar-refractivity contribution in [3.63, 3.8) is 0 Å². The summed E-state index contributed by atoms with van der Waals surface area (Å²) in [6, 6.07) is 4.17. The number of amides is 1. The highest BCUT2D eigenvalue weighted by Gasteiger charge is 2.08. The van der Waals surface area contributed by atoms with Crippen molar-refractivity contribution in [3.05, 3.63) is 29.6 Å². The van der Waals surface area contributed by atoms with Gasteiger partial charge in [-0.25, -0.2) is 4.39 Å². The molecule has 0 fully saturated rings. The van der Waals surface area contributed by atoms with Crippen LogP contribution >= 0.6 is 0 Å². The normalized spacial score (nSPS) is 9.82. The summed E-state index contributed by atoms with van der Waals surface area (Å²) in [5.41, 5.74) is 0.649. The maximum atomic E-state index is 13.0. The minimum Gasteiger partial charge on any atom is -0.496 e. The Morgan fingerprint density at radius 2 is 2.12 bits per heavy atom. The van der Waals surface area contributed by atoms with Gasteiger partial charge in [0.25, 0.3) is 5.91 Å². The third kappa shape index (κ3) is 3.86. The van der Waals surface area contributed by atoms with Gasteiger partial charge < -0.3 is 10.1 Å². The minimum atomic E-state index is -0.639. The van der Waals surface area contributed by atoms with Crippen LogP contribution in [0.15, 0.2) is 18.2 Å². The van der Waals surface area contributed by atoms with Crippen LogP contribution < -0.4 is 10.1 Å². The van der Waals surface area contributed by atoms with Crippen molar-refractivity contribution < 1.29 is 18.7 Å². The molecule has 0 aliphatic carbocycles. The number of nitrogens with one attached hydrogen (secondary N) is 1. The van der Waals surface area contributed by atoms with Gasteiger partial charge in [-0.1, -0.05) is 0 Å². The second kappa shape index (κ2) is 5.98. The molecule has 0 bridgehead atoms. The largest absolute Gasteiger partial charge is 0.496 e. The number of hydrogen-bond acceptors (Lipinski definition) is 3. The molecule has 92 valence electrons. The molecule has 5 heteroatoms. The molecule has 0 radical (unpaired) electrons. The van der Waals surface area contributed by atoms with Crippen LogP contribution in [0.1, 0.15) is 12.5 Å². The Labute approximate surface area is 98.8 Å². The average molecular weight is 239 g/mol. The van der Waals surface area contributed by atoms with Gasteiger partial charge in [0, 0.05) is 13.5 Å². The molecule has 0 aromatic heterocycles. The van der Waals surface area contributed by atoms with Gasteiger partial charge in [-0.2, -0.15) is 0 Å². The van der Waals surface area contributed by atoms with E-state index in [4.69, 9.17) is 4.74 Å². The summed E-state index contributed by atoms with van der Waals surface area (Å²) < 4.78 is 18.1. The van der Waals surface area contributed by atoms with Crippen molar-refractivity contribution in [1.82, 2.24) is 5.32 Å². The first-order chi connectivity index (χ1) is 8.04. The summed E-state index contributed by atoms with van der Waals surface area (Å²) in [7, 11) is 1.49. The molecule has 0 saturated heterocycles. The lowest BCUT2D eigenvalue weighted by molar-refractivity contribution is -0.136. The van der Waals surface area contributed by atoms with Crippen molar-refractivity contribution in [3.8, 4) is 5.75 Å². The molecule has 1 aromatic rings. The number of halogens is 1. The van der Waals surface area contributed by atoms with Crippen molar-refractivity contribution in [2.75, 3.05) is 13.7 Å². The lowest BCUT2D eigenvalue weighted by Gasteiger charge is -2.08. The van der Waals surface area contributed by atoms with Crippen LogP contribution in [0, 0.1) is 5.82 Å². The monoisotopic (exact) mass is 239 g/mol. The zero-order chi connectivity index (χ0) is 12.8. The van der Waals surface area contributed by atoms with Gasteiger partial charge in [-0.3, -0.25) is 9.59 Å². The number of benzene rings is 1. The summed E-state index contributed by atoms with van der Waals surface area (Å²) in [5.74, 6) is -0.987. The Bertz CT molecular complexity index is 432. The molecule has 17 heavy (non-hydrogen) atoms. The quantitative estimate of drug-likeness (QED) is 0.782. The molecule has 1 amide bonds. The Kier molecular flexibility index (Phi) is 4.63. The van der Waals surface area contributed by atoms with Crippen LogP contribution in [0.3, 0.4) is 0 Å². The van der Waals surface area contributed by atoms with Crippen molar-refractivity contribution in [1.29, 1.82) is 0 Å². The molecular formula is C12H14FNO3. The summed E-state index contributed by atoms with van der Waals surface area (Å²) in [4.78, 5) is 21.7. The first-order valence-corrected chi connectivity index (χ1v) is 5.15. The Balaban J connectivity index is 2.59. The van der Waals surface area contributed by atoms with Gasteiger partial charge in [0.2, 0.25) is 5.78 Å². The number of carbonyl (C=O) groups excluding carboxylic acids is 2. The van der Waals surface area contributed by atoms with E-state index in [1.54, 1.807) is 0 Å². The zero-order valence-corrected chi connectivity index (χ0v) is 9.75. The summed E-state index contributed by atoms with van der Waals surface area (Å²) >= 11 is 0. The second-order valence-corrected chi connectivity index (χ2v) is 3.52. The third-order valence-electron chi connectivity index (χ3n) is 2.24. The van der Waals surface area contributed by atoms with Gasteiger partial charge in [-0.05, 0) is 30.2 Å². The lowest BCUT2D eigenvalue weighted by atomic mass is 10.1. The number of hydrogen-bond donors (Lipinski definition) is 1. The number of rotatable bonds is 5. The summed E-state index contributed by atoms with van der Waals surface area (Å²) in [5, 5.41) is 2.43. The standard InChI is InChI=1S/C12H14FNO3/c1-8(15)12(16)14-6-5-9-7-10(13)3-4-11(9)17-2/h3-4,7H,5-6H2,1-2H3,(H,14,16). The molecule has 0 heterocycles. The molecule has 0 unspecified atom stereocenters. The second-order valence-electron chi connectivity index (χ2n) is 3.52. The number of Topliss-reactive ketones (excluding diaryl/α,β-unsaturated/α-hetero) is 1. The molecule has 0 spiro atoms. The van der Waals surface area contributed by atoms with E-state index in [0.29, 0.717) is 17.7 Å². The first kappa shape index (κ1) is 13.2. The van der Waals surface area contributed by atoms with E-state index in [9.17, 15) is 14.0 Å². The van der Waals surface area contributed by atoms with Crippen molar-refractivity contribution in [2.24, 2.45) is 0 Å². The Hall–Kier alpha value is -1.91. The molecular weight excluding hydrogens is 225 g/mol. The summed E-state index contributed by atoms with van der Waals surface area (Å²) in [6.45, 7) is 1.45. The smallest absolute Gasteiger partial charge is 0.287 e. The van der Waals surface area contributed by atoms with Crippen LogP contribution in [0.5, 0.6) is 5.75 Å². The fourth-order valence-electron chi connectivity index (χ4n) is 1.38. The predicted octanol–water partition coefficient (Wildman–Crippen LogP) is 1.08. The van der Waals surface area contributed by atoms with E-state index in [1.807, 2.05) is 0 Å². The van der Waals surface area contributed by atoms with Gasteiger partial charge in [0.05, 0.1) is 7.11 Å². The minimum absolute atomic E-state index is 0.262. The van der Waals surface area contributed by atoms with Crippen LogP contribution in [0.2, 0.25) is 0 Å². The summed E-state index contributed by atoms with van der Waals surface area (Å²) in [6.07, 6.45) is 0.403. The molecule has 0 saturated carbocycles. The maximum absolute atomic E-state index is 13.0. The molecule has 0 aliphatic rings. The molecule has 0 aliphatic heterocycles. The van der Waals surface area contributed by atoms with Gasteiger partial charge in [-0.15, -0.1) is 0 Å². The number of ether oxygens (including phenoxy) is 1. The van der Waals surface area contributed by atoms with E-state index >= 15 is 0 Å². The van der Waals surface area contributed by atoms with Gasteiger partial charge in [0.1, 0.15) is 11.6 Å². The third-order valence-corrected chi connectivity index (χ3v) is 2.24. The fourth-order valence-corrected chi connectivity index (χ4v) is 1.38. The highest BCUT2D eigenvalue weighted by atomic mass is 19.1.